The Kier molecular flexibility index (Phi) is 6.56. The minimum absolute atomic E-state index is 0.187. The molecule has 0 saturated carbocycles. The summed E-state index contributed by atoms with van der Waals surface area (Å²) in [6.45, 7) is 1.38. The van der Waals surface area contributed by atoms with Gasteiger partial charge in [0.05, 0.1) is 41.9 Å². The molecular formula is C12H16O5S. The van der Waals surface area contributed by atoms with Gasteiger partial charge in [-0.05, 0) is 24.3 Å². The van der Waals surface area contributed by atoms with E-state index in [2.05, 4.69) is 0 Å². The molecule has 5 nitrogen and oxygen atoms in total. The number of benzene rings is 1. The third kappa shape index (κ3) is 4.95. The molecule has 0 saturated heterocycles. The SMILES string of the molecule is COCCOCCS(=O)c1ccc(C(=O)O)cc1. The standard InChI is InChI=1S/C12H16O5S/c1-16-6-7-17-8-9-18(15)11-4-2-10(3-5-11)12(13)14/h2-5H,6-9H2,1H3,(H,13,14). The predicted octanol–water partition coefficient (Wildman–Crippen LogP) is 1.16. The lowest BCUT2D eigenvalue weighted by Crippen LogP contribution is -2.09. The van der Waals surface area contributed by atoms with Crippen molar-refractivity contribution in [1.82, 2.24) is 0 Å². The van der Waals surface area contributed by atoms with E-state index in [9.17, 15) is 9.00 Å². The van der Waals surface area contributed by atoms with Gasteiger partial charge in [-0.15, -0.1) is 0 Å². The summed E-state index contributed by atoms with van der Waals surface area (Å²) >= 11 is 0. The maximum atomic E-state index is 11.8. The van der Waals surface area contributed by atoms with E-state index in [1.54, 1.807) is 19.2 Å². The number of methoxy groups -OCH3 is 1. The molecule has 6 heteroatoms. The Morgan fingerprint density at radius 2 is 1.89 bits per heavy atom. The molecule has 0 heterocycles. The van der Waals surface area contributed by atoms with Crippen LogP contribution in [0.1, 0.15) is 10.4 Å². The van der Waals surface area contributed by atoms with E-state index in [1.165, 1.54) is 12.1 Å². The second-order valence-corrected chi connectivity index (χ2v) is 5.06. The van der Waals surface area contributed by atoms with Gasteiger partial charge in [0, 0.05) is 12.0 Å². The lowest BCUT2D eigenvalue weighted by atomic mass is 10.2. The van der Waals surface area contributed by atoms with Gasteiger partial charge >= 0.3 is 5.97 Å². The van der Waals surface area contributed by atoms with Crippen molar-refractivity contribution >= 4 is 16.8 Å². The average molecular weight is 272 g/mol. The lowest BCUT2D eigenvalue weighted by Gasteiger charge is -2.04. The first kappa shape index (κ1) is 14.8. The Bertz CT molecular complexity index is 401. The summed E-state index contributed by atoms with van der Waals surface area (Å²) in [5.74, 6) is -0.605. The zero-order valence-corrected chi connectivity index (χ0v) is 10.9. The fourth-order valence-corrected chi connectivity index (χ4v) is 2.19. The second-order valence-electron chi connectivity index (χ2n) is 3.48. The Balaban J connectivity index is 2.39. The van der Waals surface area contributed by atoms with Gasteiger partial charge < -0.3 is 14.6 Å². The number of aromatic carboxylic acids is 1. The normalized spacial score (nSPS) is 12.3. The van der Waals surface area contributed by atoms with E-state index in [-0.39, 0.29) is 5.56 Å². The van der Waals surface area contributed by atoms with Crippen molar-refractivity contribution in [3.63, 3.8) is 0 Å². The summed E-state index contributed by atoms with van der Waals surface area (Å²) in [6, 6.07) is 6.02. The number of carboxylic acids is 1. The number of rotatable bonds is 8. The maximum Gasteiger partial charge on any atom is 0.335 e. The molecule has 1 unspecified atom stereocenters. The van der Waals surface area contributed by atoms with E-state index >= 15 is 0 Å². The number of hydrogen-bond acceptors (Lipinski definition) is 4. The molecule has 0 aliphatic rings. The molecule has 1 aromatic rings. The van der Waals surface area contributed by atoms with Gasteiger partial charge in [-0.25, -0.2) is 4.79 Å². The van der Waals surface area contributed by atoms with E-state index in [0.717, 1.165) is 0 Å². The van der Waals surface area contributed by atoms with Gasteiger partial charge in [-0.2, -0.15) is 0 Å². The minimum Gasteiger partial charge on any atom is -0.478 e. The van der Waals surface area contributed by atoms with Crippen LogP contribution in [0.2, 0.25) is 0 Å². The minimum atomic E-state index is -1.17. The van der Waals surface area contributed by atoms with Crippen LogP contribution >= 0.6 is 0 Å². The third-order valence-electron chi connectivity index (χ3n) is 2.21. The summed E-state index contributed by atoms with van der Waals surface area (Å²) < 4.78 is 21.8. The largest absolute Gasteiger partial charge is 0.478 e. The number of ether oxygens (including phenoxy) is 2. The van der Waals surface area contributed by atoms with Crippen molar-refractivity contribution in [2.24, 2.45) is 0 Å². The smallest absolute Gasteiger partial charge is 0.335 e. The van der Waals surface area contributed by atoms with Gasteiger partial charge in [0.25, 0.3) is 0 Å². The summed E-state index contributed by atoms with van der Waals surface area (Å²) in [5, 5.41) is 8.73. The first-order chi connectivity index (χ1) is 8.65. The average Bonchev–Trinajstić information content (AvgIpc) is 2.38. The number of hydrogen-bond donors (Lipinski definition) is 1. The number of carboxylic acid groups (broad SMARTS) is 1. The van der Waals surface area contributed by atoms with E-state index < -0.39 is 16.8 Å². The molecule has 0 spiro atoms. The van der Waals surface area contributed by atoms with Crippen LogP contribution in [0.4, 0.5) is 0 Å². The van der Waals surface area contributed by atoms with Crippen LogP contribution in [0.15, 0.2) is 29.2 Å². The molecule has 0 radical (unpaired) electrons. The molecular weight excluding hydrogens is 256 g/mol. The molecule has 1 N–H and O–H groups in total. The van der Waals surface area contributed by atoms with Gasteiger partial charge in [0.2, 0.25) is 0 Å². The van der Waals surface area contributed by atoms with Gasteiger partial charge in [-0.3, -0.25) is 4.21 Å². The second kappa shape index (κ2) is 7.97. The maximum absolute atomic E-state index is 11.8. The van der Waals surface area contributed by atoms with Gasteiger partial charge in [0.1, 0.15) is 0 Å². The van der Waals surface area contributed by atoms with E-state index in [1.807, 2.05) is 0 Å². The lowest BCUT2D eigenvalue weighted by molar-refractivity contribution is 0.0696. The Hall–Kier alpha value is -1.24. The fourth-order valence-electron chi connectivity index (χ4n) is 1.25. The molecule has 0 aromatic heterocycles. The van der Waals surface area contributed by atoms with Crippen molar-refractivity contribution in [2.45, 2.75) is 4.90 Å². The van der Waals surface area contributed by atoms with Gasteiger partial charge in [-0.1, -0.05) is 0 Å². The first-order valence-electron chi connectivity index (χ1n) is 5.43. The van der Waals surface area contributed by atoms with E-state index in [4.69, 9.17) is 14.6 Å². The fraction of sp³-hybridized carbons (Fsp3) is 0.417. The highest BCUT2D eigenvalue weighted by Crippen LogP contribution is 2.09. The summed E-state index contributed by atoms with van der Waals surface area (Å²) in [6.07, 6.45) is 0. The summed E-state index contributed by atoms with van der Waals surface area (Å²) in [5.41, 5.74) is 0.187. The van der Waals surface area contributed by atoms with Crippen molar-refractivity contribution in [3.05, 3.63) is 29.8 Å². The highest BCUT2D eigenvalue weighted by atomic mass is 32.2. The van der Waals surface area contributed by atoms with Crippen molar-refractivity contribution in [2.75, 3.05) is 32.7 Å². The first-order valence-corrected chi connectivity index (χ1v) is 6.75. The van der Waals surface area contributed by atoms with Crippen molar-refractivity contribution in [1.29, 1.82) is 0 Å². The third-order valence-corrected chi connectivity index (χ3v) is 3.54. The van der Waals surface area contributed by atoms with Crippen LogP contribution < -0.4 is 0 Å². The molecule has 1 aromatic carbocycles. The summed E-state index contributed by atoms with van der Waals surface area (Å²) in [4.78, 5) is 11.3. The summed E-state index contributed by atoms with van der Waals surface area (Å²) in [7, 11) is 0.420. The molecule has 100 valence electrons. The highest BCUT2D eigenvalue weighted by molar-refractivity contribution is 7.85. The Labute approximate surface area is 108 Å². The molecule has 0 aliphatic carbocycles. The molecule has 1 atom stereocenters. The topological polar surface area (TPSA) is 72.8 Å². The van der Waals surface area contributed by atoms with Crippen LogP contribution in [0.3, 0.4) is 0 Å². The Morgan fingerprint density at radius 3 is 2.44 bits per heavy atom. The molecule has 0 aliphatic heterocycles. The predicted molar refractivity (Wildman–Crippen MR) is 67.4 cm³/mol. The van der Waals surface area contributed by atoms with Crippen LogP contribution in [0.25, 0.3) is 0 Å². The molecule has 18 heavy (non-hydrogen) atoms. The van der Waals surface area contributed by atoms with Crippen LogP contribution in [0.5, 0.6) is 0 Å². The Morgan fingerprint density at radius 1 is 1.22 bits per heavy atom. The zero-order valence-electron chi connectivity index (χ0n) is 10.1. The van der Waals surface area contributed by atoms with E-state index in [0.29, 0.717) is 30.5 Å². The zero-order chi connectivity index (χ0) is 13.4. The number of carbonyl (C=O) groups is 1. The molecule has 0 bridgehead atoms. The van der Waals surface area contributed by atoms with Crippen LogP contribution in [-0.2, 0) is 20.3 Å². The van der Waals surface area contributed by atoms with Gasteiger partial charge in [0.15, 0.2) is 0 Å². The highest BCUT2D eigenvalue weighted by Gasteiger charge is 2.06. The van der Waals surface area contributed by atoms with Crippen molar-refractivity contribution < 1.29 is 23.6 Å². The monoisotopic (exact) mass is 272 g/mol. The van der Waals surface area contributed by atoms with Crippen LogP contribution in [-0.4, -0.2) is 48.0 Å². The molecule has 0 amide bonds. The van der Waals surface area contributed by atoms with Crippen molar-refractivity contribution in [3.8, 4) is 0 Å². The molecule has 1 rings (SSSR count). The van der Waals surface area contributed by atoms with Crippen LogP contribution in [0, 0.1) is 0 Å². The molecule has 0 fully saturated rings. The quantitative estimate of drug-likeness (QED) is 0.719.